The van der Waals surface area contributed by atoms with Gasteiger partial charge in [-0.1, -0.05) is 0 Å². The number of aromatic nitrogens is 1. The first-order chi connectivity index (χ1) is 10.3. The Balaban J connectivity index is 1.77. The van der Waals surface area contributed by atoms with E-state index >= 15 is 0 Å². The highest BCUT2D eigenvalue weighted by atomic mass is 16.5. The lowest BCUT2D eigenvalue weighted by Gasteiger charge is -2.37. The molecule has 0 aromatic carbocycles. The molecule has 2 aliphatic heterocycles. The minimum absolute atomic E-state index is 0.142. The smallest absolute Gasteiger partial charge is 0.315 e. The van der Waals surface area contributed by atoms with Gasteiger partial charge in [0.05, 0.1) is 19.3 Å². The van der Waals surface area contributed by atoms with Crippen LogP contribution >= 0.6 is 0 Å². The average Bonchev–Trinajstić information content (AvgIpc) is 2.93. The van der Waals surface area contributed by atoms with Crippen molar-refractivity contribution >= 4 is 6.03 Å². The Morgan fingerprint density at radius 2 is 2.00 bits per heavy atom. The summed E-state index contributed by atoms with van der Waals surface area (Å²) >= 11 is 0. The fourth-order valence-electron chi connectivity index (χ4n) is 3.45. The molecule has 1 aromatic heterocycles. The van der Waals surface area contributed by atoms with Crippen molar-refractivity contribution in [2.45, 2.75) is 24.9 Å². The number of amides is 2. The van der Waals surface area contributed by atoms with Crippen molar-refractivity contribution in [3.63, 3.8) is 0 Å². The number of carbonyl (C=O) groups is 1. The molecular formula is C15H22N4O2. The van der Waals surface area contributed by atoms with Crippen LogP contribution in [0, 0.1) is 0 Å². The van der Waals surface area contributed by atoms with Crippen LogP contribution < -0.4 is 5.73 Å². The number of nitrogens with zero attached hydrogens (tertiary/aromatic N) is 3. The summed E-state index contributed by atoms with van der Waals surface area (Å²) in [5.74, 6) is 0. The summed E-state index contributed by atoms with van der Waals surface area (Å²) in [7, 11) is 0. The molecule has 2 atom stereocenters. The van der Waals surface area contributed by atoms with E-state index in [1.54, 1.807) is 12.4 Å². The predicted octanol–water partition coefficient (Wildman–Crippen LogP) is 0.478. The SMILES string of the molecule is NC(=O)N1CC[C@H](N2CCOCC2)[C@H]1Cc1ccncc1. The Bertz CT molecular complexity index is 476. The molecule has 3 heterocycles. The zero-order valence-corrected chi connectivity index (χ0v) is 12.1. The molecule has 0 unspecified atom stereocenters. The minimum atomic E-state index is -0.315. The first-order valence-corrected chi connectivity index (χ1v) is 7.52. The van der Waals surface area contributed by atoms with Crippen molar-refractivity contribution in [1.82, 2.24) is 14.8 Å². The van der Waals surface area contributed by atoms with Crippen molar-refractivity contribution in [2.75, 3.05) is 32.8 Å². The number of likely N-dealkylation sites (tertiary alicyclic amines) is 1. The van der Waals surface area contributed by atoms with Gasteiger partial charge in [0.15, 0.2) is 0 Å². The van der Waals surface area contributed by atoms with Gasteiger partial charge >= 0.3 is 6.03 Å². The maximum absolute atomic E-state index is 11.7. The Hall–Kier alpha value is -1.66. The van der Waals surface area contributed by atoms with E-state index in [1.807, 2.05) is 17.0 Å². The van der Waals surface area contributed by atoms with E-state index < -0.39 is 0 Å². The fraction of sp³-hybridized carbons (Fsp3) is 0.600. The summed E-state index contributed by atoms with van der Waals surface area (Å²) in [6, 6.07) is 4.21. The number of nitrogens with two attached hydrogens (primary N) is 1. The van der Waals surface area contributed by atoms with Gasteiger partial charge in [-0.3, -0.25) is 9.88 Å². The van der Waals surface area contributed by atoms with Gasteiger partial charge in [0, 0.05) is 38.1 Å². The molecule has 3 rings (SSSR count). The third kappa shape index (κ3) is 3.16. The van der Waals surface area contributed by atoms with Crippen LogP contribution in [0.2, 0.25) is 0 Å². The van der Waals surface area contributed by atoms with E-state index in [0.717, 1.165) is 45.7 Å². The molecule has 114 valence electrons. The lowest BCUT2D eigenvalue weighted by molar-refractivity contribution is 0.0104. The number of primary amides is 1. The number of ether oxygens (including phenoxy) is 1. The predicted molar refractivity (Wildman–Crippen MR) is 78.8 cm³/mol. The van der Waals surface area contributed by atoms with Gasteiger partial charge in [0.25, 0.3) is 0 Å². The zero-order chi connectivity index (χ0) is 14.7. The number of pyridine rings is 1. The van der Waals surface area contributed by atoms with Crippen molar-refractivity contribution < 1.29 is 9.53 Å². The molecule has 0 saturated carbocycles. The highest BCUT2D eigenvalue weighted by Gasteiger charge is 2.39. The van der Waals surface area contributed by atoms with E-state index in [0.29, 0.717) is 6.04 Å². The van der Waals surface area contributed by atoms with Crippen molar-refractivity contribution in [2.24, 2.45) is 5.73 Å². The fourth-order valence-corrected chi connectivity index (χ4v) is 3.45. The van der Waals surface area contributed by atoms with Crippen LogP contribution in [0.5, 0.6) is 0 Å². The molecule has 0 spiro atoms. The first-order valence-electron chi connectivity index (χ1n) is 7.52. The second kappa shape index (κ2) is 6.41. The van der Waals surface area contributed by atoms with Crippen LogP contribution in [0.3, 0.4) is 0 Å². The maximum atomic E-state index is 11.7. The lowest BCUT2D eigenvalue weighted by atomic mass is 9.99. The Labute approximate surface area is 124 Å². The van der Waals surface area contributed by atoms with Crippen molar-refractivity contribution in [3.8, 4) is 0 Å². The van der Waals surface area contributed by atoms with Crippen molar-refractivity contribution in [1.29, 1.82) is 0 Å². The van der Waals surface area contributed by atoms with Gasteiger partial charge in [0.1, 0.15) is 0 Å². The molecule has 21 heavy (non-hydrogen) atoms. The normalized spacial score (nSPS) is 27.0. The van der Waals surface area contributed by atoms with E-state index in [4.69, 9.17) is 10.5 Å². The number of morpholine rings is 1. The molecule has 2 fully saturated rings. The van der Waals surface area contributed by atoms with E-state index in [9.17, 15) is 4.79 Å². The molecule has 2 saturated heterocycles. The van der Waals surface area contributed by atoms with Crippen LogP contribution in [-0.2, 0) is 11.2 Å². The number of hydrogen-bond donors (Lipinski definition) is 1. The third-order valence-corrected chi connectivity index (χ3v) is 4.50. The number of urea groups is 1. The molecule has 6 nitrogen and oxygen atoms in total. The molecule has 2 amide bonds. The van der Waals surface area contributed by atoms with Crippen LogP contribution in [0.15, 0.2) is 24.5 Å². The third-order valence-electron chi connectivity index (χ3n) is 4.50. The zero-order valence-electron chi connectivity index (χ0n) is 12.1. The topological polar surface area (TPSA) is 71.7 Å². The number of hydrogen-bond acceptors (Lipinski definition) is 4. The van der Waals surface area contributed by atoms with Gasteiger partial charge < -0.3 is 15.4 Å². The molecular weight excluding hydrogens is 268 g/mol. The molecule has 2 N–H and O–H groups in total. The quantitative estimate of drug-likeness (QED) is 0.879. The highest BCUT2D eigenvalue weighted by Crippen LogP contribution is 2.26. The van der Waals surface area contributed by atoms with Gasteiger partial charge in [-0.15, -0.1) is 0 Å². The van der Waals surface area contributed by atoms with Crippen LogP contribution in [0.4, 0.5) is 4.79 Å². The Morgan fingerprint density at radius 3 is 2.67 bits per heavy atom. The highest BCUT2D eigenvalue weighted by molar-refractivity contribution is 5.73. The summed E-state index contributed by atoms with van der Waals surface area (Å²) in [5.41, 5.74) is 6.76. The van der Waals surface area contributed by atoms with E-state index in [1.165, 1.54) is 5.56 Å². The molecule has 1 aromatic rings. The monoisotopic (exact) mass is 290 g/mol. The van der Waals surface area contributed by atoms with Crippen LogP contribution in [0.25, 0.3) is 0 Å². The Morgan fingerprint density at radius 1 is 1.29 bits per heavy atom. The standard InChI is InChI=1S/C15H22N4O2/c16-15(20)19-6-3-13(18-7-9-21-10-8-18)14(19)11-12-1-4-17-5-2-12/h1-2,4-5,13-14H,3,6-11H2,(H2,16,20)/t13-,14+/m0/s1. The number of rotatable bonds is 3. The Kier molecular flexibility index (Phi) is 4.36. The van der Waals surface area contributed by atoms with E-state index in [2.05, 4.69) is 9.88 Å². The minimum Gasteiger partial charge on any atom is -0.379 e. The summed E-state index contributed by atoms with van der Waals surface area (Å²) in [4.78, 5) is 20.0. The molecule has 6 heteroatoms. The molecule has 2 aliphatic rings. The van der Waals surface area contributed by atoms with E-state index in [-0.39, 0.29) is 12.1 Å². The van der Waals surface area contributed by atoms with Crippen LogP contribution in [-0.4, -0.2) is 65.7 Å². The molecule has 0 bridgehead atoms. The average molecular weight is 290 g/mol. The van der Waals surface area contributed by atoms with Gasteiger partial charge in [-0.05, 0) is 30.5 Å². The molecule has 0 radical (unpaired) electrons. The lowest BCUT2D eigenvalue weighted by Crippen LogP contribution is -2.52. The summed E-state index contributed by atoms with van der Waals surface area (Å²) in [6.45, 7) is 4.16. The summed E-state index contributed by atoms with van der Waals surface area (Å²) in [5, 5.41) is 0. The summed E-state index contributed by atoms with van der Waals surface area (Å²) < 4.78 is 5.43. The second-order valence-electron chi connectivity index (χ2n) is 5.66. The van der Waals surface area contributed by atoms with Gasteiger partial charge in [-0.2, -0.15) is 0 Å². The number of carbonyl (C=O) groups excluding carboxylic acids is 1. The summed E-state index contributed by atoms with van der Waals surface area (Å²) in [6.07, 6.45) is 5.40. The molecule has 0 aliphatic carbocycles. The second-order valence-corrected chi connectivity index (χ2v) is 5.66. The van der Waals surface area contributed by atoms with Gasteiger partial charge in [-0.25, -0.2) is 4.79 Å². The van der Waals surface area contributed by atoms with Crippen molar-refractivity contribution in [3.05, 3.63) is 30.1 Å². The maximum Gasteiger partial charge on any atom is 0.315 e. The largest absolute Gasteiger partial charge is 0.379 e. The van der Waals surface area contributed by atoms with Gasteiger partial charge in [0.2, 0.25) is 0 Å². The first kappa shape index (κ1) is 14.3. The van der Waals surface area contributed by atoms with Crippen LogP contribution in [0.1, 0.15) is 12.0 Å².